The van der Waals surface area contributed by atoms with Gasteiger partial charge in [0.2, 0.25) is 5.91 Å². The van der Waals surface area contributed by atoms with Crippen molar-refractivity contribution >= 4 is 11.6 Å². The Morgan fingerprint density at radius 3 is 2.75 bits per heavy atom. The summed E-state index contributed by atoms with van der Waals surface area (Å²) < 4.78 is 0. The van der Waals surface area contributed by atoms with Crippen LogP contribution in [0.1, 0.15) is 24.8 Å². The van der Waals surface area contributed by atoms with Crippen molar-refractivity contribution in [3.8, 4) is 0 Å². The molecular weight excluding hydrogens is 250 g/mol. The first-order chi connectivity index (χ1) is 9.70. The van der Waals surface area contributed by atoms with E-state index in [0.29, 0.717) is 13.1 Å². The number of hydrogen-bond acceptors (Lipinski definition) is 3. The normalized spacial score (nSPS) is 14.6. The van der Waals surface area contributed by atoms with Gasteiger partial charge in [0.05, 0.1) is 6.54 Å². The molecule has 1 aliphatic rings. The number of nitrogens with zero attached hydrogens (tertiary/aromatic N) is 2. The Hall–Kier alpha value is -1.55. The van der Waals surface area contributed by atoms with Gasteiger partial charge in [-0.1, -0.05) is 12.1 Å². The fourth-order valence-corrected chi connectivity index (χ4v) is 2.64. The molecule has 110 valence electrons. The van der Waals surface area contributed by atoms with Gasteiger partial charge in [-0.3, -0.25) is 4.79 Å². The molecule has 0 radical (unpaired) electrons. The third-order valence-corrected chi connectivity index (χ3v) is 3.78. The van der Waals surface area contributed by atoms with E-state index in [1.807, 2.05) is 11.0 Å². The third-order valence-electron chi connectivity index (χ3n) is 3.78. The second kappa shape index (κ2) is 7.29. The summed E-state index contributed by atoms with van der Waals surface area (Å²) in [5.74, 6) is 0.237. The molecule has 1 aliphatic heterocycles. The summed E-state index contributed by atoms with van der Waals surface area (Å²) in [7, 11) is 0. The molecule has 0 aromatic heterocycles. The van der Waals surface area contributed by atoms with Crippen molar-refractivity contribution < 1.29 is 4.79 Å². The van der Waals surface area contributed by atoms with Crippen LogP contribution in [0.25, 0.3) is 0 Å². The maximum absolute atomic E-state index is 12.3. The number of nitrogens with two attached hydrogens (primary N) is 1. The number of anilines is 1. The molecule has 1 aromatic carbocycles. The van der Waals surface area contributed by atoms with Crippen LogP contribution in [0.15, 0.2) is 24.3 Å². The van der Waals surface area contributed by atoms with Gasteiger partial charge >= 0.3 is 0 Å². The van der Waals surface area contributed by atoms with Crippen molar-refractivity contribution in [1.82, 2.24) is 4.90 Å². The van der Waals surface area contributed by atoms with Gasteiger partial charge in [0, 0.05) is 25.3 Å². The summed E-state index contributed by atoms with van der Waals surface area (Å²) in [5, 5.41) is 0. The summed E-state index contributed by atoms with van der Waals surface area (Å²) in [6.45, 7) is 5.85. The fourth-order valence-electron chi connectivity index (χ4n) is 2.64. The van der Waals surface area contributed by atoms with Crippen LogP contribution in [-0.2, 0) is 4.79 Å². The minimum absolute atomic E-state index is 0.237. The lowest BCUT2D eigenvalue weighted by atomic mass is 10.2. The van der Waals surface area contributed by atoms with Crippen LogP contribution in [0.4, 0.5) is 5.69 Å². The molecule has 4 heteroatoms. The quantitative estimate of drug-likeness (QED) is 0.861. The minimum Gasteiger partial charge on any atom is -0.362 e. The molecule has 2 rings (SSSR count). The summed E-state index contributed by atoms with van der Waals surface area (Å²) in [4.78, 5) is 16.5. The molecule has 1 fully saturated rings. The van der Waals surface area contributed by atoms with E-state index in [4.69, 9.17) is 5.73 Å². The molecular formula is C16H25N3O. The Kier molecular flexibility index (Phi) is 5.41. The van der Waals surface area contributed by atoms with Gasteiger partial charge in [-0.05, 0) is 50.4 Å². The molecule has 0 saturated carbocycles. The largest absolute Gasteiger partial charge is 0.362 e. The third kappa shape index (κ3) is 3.97. The maximum Gasteiger partial charge on any atom is 0.242 e. The molecule has 0 aliphatic carbocycles. The average Bonchev–Trinajstić information content (AvgIpc) is 2.97. The van der Waals surface area contributed by atoms with Gasteiger partial charge < -0.3 is 15.5 Å². The number of likely N-dealkylation sites (tertiary alicyclic amines) is 1. The van der Waals surface area contributed by atoms with Gasteiger partial charge in [-0.2, -0.15) is 0 Å². The minimum atomic E-state index is 0.237. The lowest BCUT2D eigenvalue weighted by molar-refractivity contribution is -0.128. The van der Waals surface area contributed by atoms with Crippen molar-refractivity contribution in [3.05, 3.63) is 29.8 Å². The van der Waals surface area contributed by atoms with Crippen molar-refractivity contribution in [3.63, 3.8) is 0 Å². The second-order valence-electron chi connectivity index (χ2n) is 5.49. The van der Waals surface area contributed by atoms with E-state index in [1.165, 1.54) is 5.56 Å². The SMILES string of the molecule is Cc1cccc(N(CCCN)CC(=O)N2CCCC2)c1. The summed E-state index contributed by atoms with van der Waals surface area (Å²) >= 11 is 0. The zero-order valence-corrected chi connectivity index (χ0v) is 12.3. The molecule has 0 spiro atoms. The highest BCUT2D eigenvalue weighted by molar-refractivity contribution is 5.81. The van der Waals surface area contributed by atoms with Crippen LogP contribution in [-0.4, -0.2) is 43.5 Å². The number of benzene rings is 1. The van der Waals surface area contributed by atoms with Crippen LogP contribution in [0.2, 0.25) is 0 Å². The zero-order valence-electron chi connectivity index (χ0n) is 12.3. The fraction of sp³-hybridized carbons (Fsp3) is 0.562. The number of aryl methyl sites for hydroxylation is 1. The monoisotopic (exact) mass is 275 g/mol. The Morgan fingerprint density at radius 1 is 1.35 bits per heavy atom. The van der Waals surface area contributed by atoms with Gasteiger partial charge in [0.25, 0.3) is 0 Å². The molecule has 1 aromatic rings. The number of hydrogen-bond donors (Lipinski definition) is 1. The van der Waals surface area contributed by atoms with Gasteiger partial charge in [0.1, 0.15) is 0 Å². The lowest BCUT2D eigenvalue weighted by Crippen LogP contribution is -2.39. The highest BCUT2D eigenvalue weighted by Crippen LogP contribution is 2.17. The Balaban J connectivity index is 2.04. The van der Waals surface area contributed by atoms with E-state index in [-0.39, 0.29) is 5.91 Å². The van der Waals surface area contributed by atoms with E-state index >= 15 is 0 Å². The molecule has 4 nitrogen and oxygen atoms in total. The Bertz CT molecular complexity index is 441. The van der Waals surface area contributed by atoms with E-state index in [0.717, 1.165) is 44.6 Å². The Labute approximate surface area is 121 Å². The number of carbonyl (C=O) groups excluding carboxylic acids is 1. The molecule has 20 heavy (non-hydrogen) atoms. The summed E-state index contributed by atoms with van der Waals surface area (Å²) in [5.41, 5.74) is 7.95. The standard InChI is InChI=1S/C16H25N3O/c1-14-6-4-7-15(12-14)19(11-5-8-17)13-16(20)18-9-2-3-10-18/h4,6-7,12H,2-3,5,8-11,13,17H2,1H3. The van der Waals surface area contributed by atoms with Crippen LogP contribution >= 0.6 is 0 Å². The van der Waals surface area contributed by atoms with Crippen LogP contribution in [0, 0.1) is 6.92 Å². The van der Waals surface area contributed by atoms with Crippen LogP contribution in [0.3, 0.4) is 0 Å². The smallest absolute Gasteiger partial charge is 0.242 e. The topological polar surface area (TPSA) is 49.6 Å². The van der Waals surface area contributed by atoms with Crippen molar-refractivity contribution in [2.45, 2.75) is 26.2 Å². The summed E-state index contributed by atoms with van der Waals surface area (Å²) in [6.07, 6.45) is 3.18. The van der Waals surface area contributed by atoms with E-state index < -0.39 is 0 Å². The molecule has 1 saturated heterocycles. The van der Waals surface area contributed by atoms with Crippen molar-refractivity contribution in [2.24, 2.45) is 5.73 Å². The molecule has 0 unspecified atom stereocenters. The predicted octanol–water partition coefficient (Wildman–Crippen LogP) is 1.77. The van der Waals surface area contributed by atoms with Crippen molar-refractivity contribution in [2.75, 3.05) is 37.6 Å². The second-order valence-corrected chi connectivity index (χ2v) is 5.49. The van der Waals surface area contributed by atoms with Crippen LogP contribution in [0.5, 0.6) is 0 Å². The van der Waals surface area contributed by atoms with Gasteiger partial charge in [-0.15, -0.1) is 0 Å². The van der Waals surface area contributed by atoms with E-state index in [2.05, 4.69) is 30.0 Å². The molecule has 2 N–H and O–H groups in total. The zero-order chi connectivity index (χ0) is 14.4. The number of rotatable bonds is 6. The first-order valence-corrected chi connectivity index (χ1v) is 7.50. The van der Waals surface area contributed by atoms with E-state index in [9.17, 15) is 4.79 Å². The number of amides is 1. The first-order valence-electron chi connectivity index (χ1n) is 7.50. The van der Waals surface area contributed by atoms with E-state index in [1.54, 1.807) is 0 Å². The van der Waals surface area contributed by atoms with Crippen molar-refractivity contribution in [1.29, 1.82) is 0 Å². The average molecular weight is 275 g/mol. The molecule has 0 atom stereocenters. The van der Waals surface area contributed by atoms with Gasteiger partial charge in [-0.25, -0.2) is 0 Å². The first kappa shape index (κ1) is 14.9. The number of carbonyl (C=O) groups is 1. The lowest BCUT2D eigenvalue weighted by Gasteiger charge is -2.27. The summed E-state index contributed by atoms with van der Waals surface area (Å²) in [6, 6.07) is 8.32. The maximum atomic E-state index is 12.3. The molecule has 0 bridgehead atoms. The van der Waals surface area contributed by atoms with Gasteiger partial charge in [0.15, 0.2) is 0 Å². The highest BCUT2D eigenvalue weighted by atomic mass is 16.2. The van der Waals surface area contributed by atoms with Crippen LogP contribution < -0.4 is 10.6 Å². The predicted molar refractivity (Wildman–Crippen MR) is 82.9 cm³/mol. The Morgan fingerprint density at radius 2 is 2.10 bits per heavy atom. The highest BCUT2D eigenvalue weighted by Gasteiger charge is 2.20. The molecule has 1 heterocycles. The molecule has 1 amide bonds.